The van der Waals surface area contributed by atoms with E-state index in [4.69, 9.17) is 4.74 Å². The molecule has 2 aliphatic heterocycles. The van der Waals surface area contributed by atoms with Gasteiger partial charge in [-0.05, 0) is 41.0 Å². The zero-order valence-electron chi connectivity index (χ0n) is 18.7. The van der Waals surface area contributed by atoms with Crippen LogP contribution in [0, 0.1) is 0 Å². The highest BCUT2D eigenvalue weighted by molar-refractivity contribution is 5.76. The maximum absolute atomic E-state index is 5.43. The van der Waals surface area contributed by atoms with Crippen LogP contribution in [0.3, 0.4) is 0 Å². The average molecular weight is 414 g/mol. The van der Waals surface area contributed by atoms with Crippen molar-refractivity contribution >= 4 is 17.1 Å². The van der Waals surface area contributed by atoms with E-state index in [1.165, 1.54) is 28.1 Å². The van der Waals surface area contributed by atoms with E-state index in [0.717, 1.165) is 44.2 Å². The van der Waals surface area contributed by atoms with Crippen molar-refractivity contribution < 1.29 is 4.74 Å². The molecule has 5 rings (SSSR count). The minimum Gasteiger partial charge on any atom is -0.497 e. The number of methoxy groups -OCH3 is 1. The first kappa shape index (κ1) is 20.0. The van der Waals surface area contributed by atoms with Crippen LogP contribution in [0.25, 0.3) is 0 Å². The Balaban J connectivity index is 1.31. The van der Waals surface area contributed by atoms with Crippen molar-refractivity contribution in [1.82, 2.24) is 4.90 Å². The number of fused-ring (bicyclic) bond motifs is 2. The first-order chi connectivity index (χ1) is 15.0. The van der Waals surface area contributed by atoms with E-state index in [2.05, 4.69) is 95.7 Å². The van der Waals surface area contributed by atoms with Crippen molar-refractivity contribution in [2.45, 2.75) is 25.8 Å². The van der Waals surface area contributed by atoms with E-state index in [0.29, 0.717) is 0 Å². The second-order valence-corrected chi connectivity index (χ2v) is 9.14. The molecule has 4 nitrogen and oxygen atoms in total. The third kappa shape index (κ3) is 3.77. The molecule has 1 fully saturated rings. The lowest BCUT2D eigenvalue weighted by molar-refractivity contribution is 0.250. The van der Waals surface area contributed by atoms with Crippen LogP contribution in [0.1, 0.15) is 30.5 Å². The Bertz CT molecular complexity index is 1070. The fraction of sp³-hybridized carbons (Fsp3) is 0.333. The minimum absolute atomic E-state index is 0.0514. The van der Waals surface area contributed by atoms with Crippen molar-refractivity contribution in [3.05, 3.63) is 83.4 Å². The molecule has 0 atom stereocenters. The first-order valence-corrected chi connectivity index (χ1v) is 11.2. The number of nitrogens with zero attached hydrogens (tertiary/aromatic N) is 2. The number of nitrogens with one attached hydrogen (secondary N) is 1. The number of ether oxygens (including phenoxy) is 1. The summed E-state index contributed by atoms with van der Waals surface area (Å²) in [5.74, 6) is 0.886. The molecule has 2 aliphatic rings. The van der Waals surface area contributed by atoms with Gasteiger partial charge < -0.3 is 15.0 Å². The van der Waals surface area contributed by atoms with Gasteiger partial charge in [-0.15, -0.1) is 0 Å². The molecule has 0 spiro atoms. The van der Waals surface area contributed by atoms with Crippen LogP contribution in [0.4, 0.5) is 17.1 Å². The summed E-state index contributed by atoms with van der Waals surface area (Å²) in [5, 5.41) is 3.63. The van der Waals surface area contributed by atoms with Gasteiger partial charge in [0, 0.05) is 61.3 Å². The Morgan fingerprint density at radius 1 is 0.839 bits per heavy atom. The number of piperazine rings is 1. The normalized spacial score (nSPS) is 17.5. The molecule has 2 heterocycles. The fourth-order valence-corrected chi connectivity index (χ4v) is 4.97. The zero-order valence-corrected chi connectivity index (χ0v) is 18.7. The molecular weight excluding hydrogens is 382 g/mol. The molecule has 0 aliphatic carbocycles. The second kappa shape index (κ2) is 7.93. The van der Waals surface area contributed by atoms with Gasteiger partial charge in [-0.2, -0.15) is 0 Å². The van der Waals surface area contributed by atoms with Gasteiger partial charge in [-0.3, -0.25) is 4.90 Å². The number of benzene rings is 3. The van der Waals surface area contributed by atoms with Crippen molar-refractivity contribution in [2.24, 2.45) is 0 Å². The molecule has 1 saturated heterocycles. The van der Waals surface area contributed by atoms with Crippen molar-refractivity contribution in [3.8, 4) is 5.75 Å². The van der Waals surface area contributed by atoms with Gasteiger partial charge in [-0.1, -0.05) is 50.2 Å². The summed E-state index contributed by atoms with van der Waals surface area (Å²) in [6, 6.07) is 24.0. The monoisotopic (exact) mass is 413 g/mol. The average Bonchev–Trinajstić information content (AvgIpc) is 2.80. The Kier molecular flexibility index (Phi) is 5.11. The number of rotatable bonds is 4. The number of para-hydroxylation sites is 1. The molecule has 4 heteroatoms. The van der Waals surface area contributed by atoms with Gasteiger partial charge in [0.25, 0.3) is 0 Å². The Morgan fingerprint density at radius 3 is 2.35 bits per heavy atom. The van der Waals surface area contributed by atoms with Crippen molar-refractivity contribution in [2.75, 3.05) is 43.5 Å². The fourth-order valence-electron chi connectivity index (χ4n) is 4.97. The third-order valence-electron chi connectivity index (χ3n) is 6.83. The topological polar surface area (TPSA) is 27.7 Å². The highest BCUT2D eigenvalue weighted by Gasteiger charge is 2.33. The minimum atomic E-state index is -0.0514. The molecule has 0 amide bonds. The molecule has 31 heavy (non-hydrogen) atoms. The Labute approximate surface area is 185 Å². The van der Waals surface area contributed by atoms with Gasteiger partial charge in [0.15, 0.2) is 0 Å². The predicted molar refractivity (Wildman–Crippen MR) is 129 cm³/mol. The van der Waals surface area contributed by atoms with Crippen LogP contribution in [0.2, 0.25) is 0 Å². The Hall–Kier alpha value is -2.98. The quantitative estimate of drug-likeness (QED) is 0.620. The van der Waals surface area contributed by atoms with Crippen LogP contribution in [0.5, 0.6) is 5.75 Å². The number of anilines is 3. The van der Waals surface area contributed by atoms with Crippen LogP contribution < -0.4 is 15.0 Å². The lowest BCUT2D eigenvalue weighted by Gasteiger charge is -2.38. The predicted octanol–water partition coefficient (Wildman–Crippen LogP) is 5.40. The van der Waals surface area contributed by atoms with Gasteiger partial charge in [-0.25, -0.2) is 0 Å². The van der Waals surface area contributed by atoms with E-state index in [-0.39, 0.29) is 5.41 Å². The van der Waals surface area contributed by atoms with Crippen LogP contribution >= 0.6 is 0 Å². The molecule has 160 valence electrons. The van der Waals surface area contributed by atoms with E-state index in [9.17, 15) is 0 Å². The molecular formula is C27H31N3O. The van der Waals surface area contributed by atoms with E-state index in [1.807, 2.05) is 0 Å². The van der Waals surface area contributed by atoms with E-state index >= 15 is 0 Å². The smallest absolute Gasteiger partial charge is 0.120 e. The molecule has 0 bridgehead atoms. The first-order valence-electron chi connectivity index (χ1n) is 11.2. The van der Waals surface area contributed by atoms with E-state index < -0.39 is 0 Å². The van der Waals surface area contributed by atoms with E-state index in [1.54, 1.807) is 7.11 Å². The zero-order chi connectivity index (χ0) is 21.4. The standard InChI is InChI=1S/C27H31N3O/c1-27(2)23-11-10-22(31-3)18-26(23)28-25-12-9-20(17-24(25)27)19-29-13-15-30(16-14-29)21-7-5-4-6-8-21/h4-12,17-18,28H,13-16,19H2,1-3H3. The van der Waals surface area contributed by atoms with Crippen molar-refractivity contribution in [3.63, 3.8) is 0 Å². The molecule has 1 N–H and O–H groups in total. The molecule has 3 aromatic carbocycles. The summed E-state index contributed by atoms with van der Waals surface area (Å²) in [7, 11) is 1.72. The van der Waals surface area contributed by atoms with Gasteiger partial charge in [0.2, 0.25) is 0 Å². The van der Waals surface area contributed by atoms with Crippen LogP contribution in [-0.2, 0) is 12.0 Å². The maximum atomic E-state index is 5.43. The number of hydrogen-bond acceptors (Lipinski definition) is 4. The molecule has 0 unspecified atom stereocenters. The summed E-state index contributed by atoms with van der Waals surface area (Å²) in [6.45, 7) is 9.99. The highest BCUT2D eigenvalue weighted by Crippen LogP contribution is 2.46. The van der Waals surface area contributed by atoms with Crippen LogP contribution in [-0.4, -0.2) is 38.2 Å². The molecule has 3 aromatic rings. The van der Waals surface area contributed by atoms with Gasteiger partial charge in [0.05, 0.1) is 7.11 Å². The van der Waals surface area contributed by atoms with Gasteiger partial charge >= 0.3 is 0 Å². The summed E-state index contributed by atoms with van der Waals surface area (Å²) in [6.07, 6.45) is 0. The van der Waals surface area contributed by atoms with Gasteiger partial charge in [0.1, 0.15) is 5.75 Å². The maximum Gasteiger partial charge on any atom is 0.120 e. The lowest BCUT2D eigenvalue weighted by Crippen LogP contribution is -2.46. The number of hydrogen-bond donors (Lipinski definition) is 1. The molecule has 0 saturated carbocycles. The third-order valence-corrected chi connectivity index (χ3v) is 6.83. The van der Waals surface area contributed by atoms with Crippen molar-refractivity contribution in [1.29, 1.82) is 0 Å². The summed E-state index contributed by atoms with van der Waals surface area (Å²) < 4.78 is 5.43. The summed E-state index contributed by atoms with van der Waals surface area (Å²) in [4.78, 5) is 5.06. The molecule has 0 aromatic heterocycles. The van der Waals surface area contributed by atoms with Crippen LogP contribution in [0.15, 0.2) is 66.7 Å². The summed E-state index contributed by atoms with van der Waals surface area (Å²) in [5.41, 5.74) is 7.69. The SMILES string of the molecule is COc1ccc2c(c1)Nc1ccc(CN3CCN(c4ccccc4)CC3)cc1C2(C)C. The largest absolute Gasteiger partial charge is 0.497 e. The summed E-state index contributed by atoms with van der Waals surface area (Å²) >= 11 is 0. The molecule has 0 radical (unpaired) electrons. The Morgan fingerprint density at radius 2 is 1.61 bits per heavy atom. The highest BCUT2D eigenvalue weighted by atomic mass is 16.5. The second-order valence-electron chi connectivity index (χ2n) is 9.14. The lowest BCUT2D eigenvalue weighted by atomic mass is 9.74.